The van der Waals surface area contributed by atoms with E-state index in [4.69, 9.17) is 9.47 Å². The van der Waals surface area contributed by atoms with E-state index in [2.05, 4.69) is 10.2 Å². The third kappa shape index (κ3) is 3.42. The molecule has 1 aromatic carbocycles. The fraction of sp³-hybridized carbons (Fsp3) is 0.600. The van der Waals surface area contributed by atoms with Gasteiger partial charge in [0.2, 0.25) is 0 Å². The molecule has 0 aliphatic carbocycles. The fourth-order valence-electron chi connectivity index (χ4n) is 2.59. The predicted molar refractivity (Wildman–Crippen MR) is 78.4 cm³/mol. The summed E-state index contributed by atoms with van der Waals surface area (Å²) in [5.74, 6) is 1.47. The Kier molecular flexibility index (Phi) is 5.64. The summed E-state index contributed by atoms with van der Waals surface area (Å²) in [5, 5.41) is 13.1. The molecule has 2 N–H and O–H groups in total. The van der Waals surface area contributed by atoms with E-state index in [0.29, 0.717) is 6.61 Å². The summed E-state index contributed by atoms with van der Waals surface area (Å²) in [6.45, 7) is 6.48. The van der Waals surface area contributed by atoms with Crippen LogP contribution in [0.2, 0.25) is 0 Å². The lowest BCUT2D eigenvalue weighted by Gasteiger charge is -2.34. The number of rotatable bonds is 6. The monoisotopic (exact) mass is 280 g/mol. The first kappa shape index (κ1) is 15.1. The standard InChI is InChI=1S/C15H24N2O3/c1-3-20-14-5-4-12(10-15(14)19-2)13(11-18)17-8-6-16-7-9-17/h4-5,10,13,16,18H,3,6-9,11H2,1-2H3/t13-/m0/s1. The number of hydrogen-bond donors (Lipinski definition) is 2. The number of nitrogens with one attached hydrogen (secondary N) is 1. The van der Waals surface area contributed by atoms with Crippen LogP contribution in [0, 0.1) is 0 Å². The average molecular weight is 280 g/mol. The van der Waals surface area contributed by atoms with Crippen LogP contribution in [-0.4, -0.2) is 56.5 Å². The van der Waals surface area contributed by atoms with Gasteiger partial charge in [-0.3, -0.25) is 4.90 Å². The van der Waals surface area contributed by atoms with Crippen molar-refractivity contribution in [3.8, 4) is 11.5 Å². The number of hydrogen-bond acceptors (Lipinski definition) is 5. The fourth-order valence-corrected chi connectivity index (χ4v) is 2.59. The lowest BCUT2D eigenvalue weighted by molar-refractivity contribution is 0.110. The molecule has 0 saturated carbocycles. The zero-order valence-corrected chi connectivity index (χ0v) is 12.3. The molecule has 1 saturated heterocycles. The topological polar surface area (TPSA) is 54.0 Å². The summed E-state index contributed by atoms with van der Waals surface area (Å²) in [7, 11) is 1.64. The minimum Gasteiger partial charge on any atom is -0.493 e. The molecule has 0 spiro atoms. The Morgan fingerprint density at radius 1 is 1.30 bits per heavy atom. The quantitative estimate of drug-likeness (QED) is 0.815. The van der Waals surface area contributed by atoms with Gasteiger partial charge >= 0.3 is 0 Å². The van der Waals surface area contributed by atoms with E-state index in [9.17, 15) is 5.11 Å². The molecule has 0 amide bonds. The number of nitrogens with zero attached hydrogens (tertiary/aromatic N) is 1. The van der Waals surface area contributed by atoms with Crippen molar-refractivity contribution in [1.29, 1.82) is 0 Å². The van der Waals surface area contributed by atoms with Crippen LogP contribution in [0.25, 0.3) is 0 Å². The second kappa shape index (κ2) is 7.47. The van der Waals surface area contributed by atoms with Gasteiger partial charge in [0, 0.05) is 26.2 Å². The van der Waals surface area contributed by atoms with Gasteiger partial charge in [-0.1, -0.05) is 6.07 Å². The van der Waals surface area contributed by atoms with Crippen molar-refractivity contribution in [1.82, 2.24) is 10.2 Å². The number of benzene rings is 1. The van der Waals surface area contributed by atoms with Gasteiger partial charge in [-0.05, 0) is 24.6 Å². The summed E-state index contributed by atoms with van der Waals surface area (Å²) < 4.78 is 10.9. The zero-order chi connectivity index (χ0) is 14.4. The van der Waals surface area contributed by atoms with Crippen molar-refractivity contribution < 1.29 is 14.6 Å². The van der Waals surface area contributed by atoms with E-state index < -0.39 is 0 Å². The van der Waals surface area contributed by atoms with Gasteiger partial charge in [0.25, 0.3) is 0 Å². The Labute approximate surface area is 120 Å². The van der Waals surface area contributed by atoms with Gasteiger partial charge in [-0.25, -0.2) is 0 Å². The van der Waals surface area contributed by atoms with E-state index >= 15 is 0 Å². The lowest BCUT2D eigenvalue weighted by Crippen LogP contribution is -2.46. The molecule has 2 rings (SSSR count). The summed E-state index contributed by atoms with van der Waals surface area (Å²) in [6.07, 6.45) is 0. The SMILES string of the molecule is CCOc1ccc([C@H](CO)N2CCNCC2)cc1OC. The van der Waals surface area contributed by atoms with Gasteiger partial charge in [-0.15, -0.1) is 0 Å². The number of ether oxygens (including phenoxy) is 2. The molecule has 1 aromatic rings. The van der Waals surface area contributed by atoms with E-state index in [1.54, 1.807) is 7.11 Å². The largest absolute Gasteiger partial charge is 0.493 e. The zero-order valence-electron chi connectivity index (χ0n) is 12.3. The summed E-state index contributed by atoms with van der Waals surface area (Å²) in [4.78, 5) is 2.30. The Morgan fingerprint density at radius 3 is 2.65 bits per heavy atom. The number of aliphatic hydroxyl groups is 1. The number of piperazine rings is 1. The van der Waals surface area contributed by atoms with Gasteiger partial charge in [-0.2, -0.15) is 0 Å². The third-order valence-electron chi connectivity index (χ3n) is 3.64. The average Bonchev–Trinajstić information content (AvgIpc) is 2.50. The van der Waals surface area contributed by atoms with Crippen LogP contribution >= 0.6 is 0 Å². The Hall–Kier alpha value is -1.30. The van der Waals surface area contributed by atoms with Crippen LogP contribution in [0.5, 0.6) is 11.5 Å². The summed E-state index contributed by atoms with van der Waals surface area (Å²) in [5.41, 5.74) is 1.06. The highest BCUT2D eigenvalue weighted by Gasteiger charge is 2.22. The van der Waals surface area contributed by atoms with E-state index in [0.717, 1.165) is 43.2 Å². The Bertz CT molecular complexity index is 420. The van der Waals surface area contributed by atoms with Crippen molar-refractivity contribution >= 4 is 0 Å². The van der Waals surface area contributed by atoms with Gasteiger partial charge in [0.05, 0.1) is 26.4 Å². The van der Waals surface area contributed by atoms with Gasteiger partial charge in [0.15, 0.2) is 11.5 Å². The number of methoxy groups -OCH3 is 1. The van der Waals surface area contributed by atoms with Crippen molar-refractivity contribution in [3.63, 3.8) is 0 Å². The molecule has 20 heavy (non-hydrogen) atoms. The van der Waals surface area contributed by atoms with E-state index in [1.165, 1.54) is 0 Å². The molecule has 1 aliphatic rings. The van der Waals surface area contributed by atoms with Crippen LogP contribution < -0.4 is 14.8 Å². The van der Waals surface area contributed by atoms with Crippen LogP contribution in [0.4, 0.5) is 0 Å². The summed E-state index contributed by atoms with van der Waals surface area (Å²) in [6, 6.07) is 5.91. The van der Waals surface area contributed by atoms with Crippen molar-refractivity contribution in [2.45, 2.75) is 13.0 Å². The molecule has 0 radical (unpaired) electrons. The smallest absolute Gasteiger partial charge is 0.161 e. The van der Waals surface area contributed by atoms with Crippen molar-refractivity contribution in [2.75, 3.05) is 46.5 Å². The normalized spacial score (nSPS) is 17.8. The van der Waals surface area contributed by atoms with Crippen LogP contribution in [0.3, 0.4) is 0 Å². The molecule has 1 atom stereocenters. The maximum atomic E-state index is 9.73. The van der Waals surface area contributed by atoms with E-state index in [-0.39, 0.29) is 12.6 Å². The highest BCUT2D eigenvalue weighted by atomic mass is 16.5. The van der Waals surface area contributed by atoms with Crippen LogP contribution in [0.1, 0.15) is 18.5 Å². The minimum atomic E-state index is 0.0154. The first-order valence-electron chi connectivity index (χ1n) is 7.16. The first-order chi connectivity index (χ1) is 9.80. The van der Waals surface area contributed by atoms with E-state index in [1.807, 2.05) is 25.1 Å². The number of aliphatic hydroxyl groups excluding tert-OH is 1. The van der Waals surface area contributed by atoms with Crippen molar-refractivity contribution in [3.05, 3.63) is 23.8 Å². The first-order valence-corrected chi connectivity index (χ1v) is 7.16. The molecule has 1 aliphatic heterocycles. The maximum Gasteiger partial charge on any atom is 0.161 e. The second-order valence-electron chi connectivity index (χ2n) is 4.83. The molecule has 0 unspecified atom stereocenters. The van der Waals surface area contributed by atoms with Gasteiger partial charge < -0.3 is 19.9 Å². The molecule has 0 bridgehead atoms. The predicted octanol–water partition coefficient (Wildman–Crippen LogP) is 1.03. The third-order valence-corrected chi connectivity index (χ3v) is 3.64. The molecule has 1 fully saturated rings. The molecular weight excluding hydrogens is 256 g/mol. The highest BCUT2D eigenvalue weighted by Crippen LogP contribution is 2.32. The van der Waals surface area contributed by atoms with Crippen molar-refractivity contribution in [2.24, 2.45) is 0 Å². The molecule has 5 nitrogen and oxygen atoms in total. The molecule has 0 aromatic heterocycles. The molecule has 1 heterocycles. The Balaban J connectivity index is 2.20. The Morgan fingerprint density at radius 2 is 2.05 bits per heavy atom. The lowest BCUT2D eigenvalue weighted by atomic mass is 10.0. The maximum absolute atomic E-state index is 9.73. The molecular formula is C15H24N2O3. The molecule has 112 valence electrons. The van der Waals surface area contributed by atoms with Crippen LogP contribution in [0.15, 0.2) is 18.2 Å². The van der Waals surface area contributed by atoms with Gasteiger partial charge in [0.1, 0.15) is 0 Å². The molecule has 5 heteroatoms. The van der Waals surface area contributed by atoms with Crippen LogP contribution in [-0.2, 0) is 0 Å². The second-order valence-corrected chi connectivity index (χ2v) is 4.83. The highest BCUT2D eigenvalue weighted by molar-refractivity contribution is 5.44. The minimum absolute atomic E-state index is 0.0154. The summed E-state index contributed by atoms with van der Waals surface area (Å²) >= 11 is 0.